The van der Waals surface area contributed by atoms with Gasteiger partial charge >= 0.3 is 11.6 Å². The monoisotopic (exact) mass is 441 g/mol. The van der Waals surface area contributed by atoms with E-state index >= 15 is 0 Å². The molecule has 3 aromatic carbocycles. The Kier molecular flexibility index (Phi) is 5.84. The van der Waals surface area contributed by atoms with Crippen molar-refractivity contribution in [2.75, 3.05) is 0 Å². The lowest BCUT2D eigenvalue weighted by Crippen LogP contribution is -2.20. The van der Waals surface area contributed by atoms with Crippen LogP contribution in [0, 0.1) is 27.7 Å². The van der Waals surface area contributed by atoms with Gasteiger partial charge < -0.3 is 14.3 Å². The number of aromatic nitrogens is 1. The third-order valence-electron chi connectivity index (χ3n) is 5.37. The van der Waals surface area contributed by atoms with E-state index in [-0.39, 0.29) is 16.9 Å². The van der Waals surface area contributed by atoms with Crippen LogP contribution in [0.1, 0.15) is 33.5 Å². The molecular weight excluding hydrogens is 418 g/mol. The highest BCUT2D eigenvalue weighted by Crippen LogP contribution is 2.30. The lowest BCUT2D eigenvalue weighted by Gasteiger charge is -2.15. The van der Waals surface area contributed by atoms with E-state index < -0.39 is 17.4 Å². The van der Waals surface area contributed by atoms with Crippen LogP contribution in [-0.4, -0.2) is 16.1 Å². The zero-order valence-electron chi connectivity index (χ0n) is 18.8. The molecule has 0 aliphatic carbocycles. The smallest absolute Gasteiger partial charge is 0.363 e. The van der Waals surface area contributed by atoms with Gasteiger partial charge in [0.15, 0.2) is 11.3 Å². The van der Waals surface area contributed by atoms with E-state index in [1.54, 1.807) is 49.4 Å². The Labute approximate surface area is 190 Å². The molecule has 1 heterocycles. The number of hydrogen-bond acceptors (Lipinski definition) is 6. The molecule has 0 aliphatic heterocycles. The zero-order chi connectivity index (χ0) is 23.7. The first-order valence-corrected chi connectivity index (χ1v) is 10.5. The number of benzene rings is 3. The largest absolute Gasteiger partial charge is 0.506 e. The van der Waals surface area contributed by atoms with Crippen molar-refractivity contribution >= 4 is 28.4 Å². The fraction of sp³-hybridized carbons (Fsp3) is 0.148. The minimum absolute atomic E-state index is 0.277. The average Bonchev–Trinajstić information content (AvgIpc) is 2.77. The second-order valence-electron chi connectivity index (χ2n) is 7.97. The van der Waals surface area contributed by atoms with Crippen LogP contribution >= 0.6 is 0 Å². The molecule has 6 nitrogen and oxygen atoms in total. The maximum Gasteiger partial charge on any atom is 0.363 e. The molecule has 166 valence electrons. The van der Waals surface area contributed by atoms with Gasteiger partial charge in [0.2, 0.25) is 0 Å². The Bertz CT molecular complexity index is 1460. The summed E-state index contributed by atoms with van der Waals surface area (Å²) in [6.07, 6.45) is 0. The van der Waals surface area contributed by atoms with Gasteiger partial charge in [-0.15, -0.1) is 0 Å². The van der Waals surface area contributed by atoms with Crippen LogP contribution in [0.15, 0.2) is 69.9 Å². The molecule has 4 rings (SSSR count). The summed E-state index contributed by atoms with van der Waals surface area (Å²) in [6.45, 7) is 7.40. The summed E-state index contributed by atoms with van der Waals surface area (Å²) in [5.74, 6) is -0.942. The summed E-state index contributed by atoms with van der Waals surface area (Å²) >= 11 is 0. The van der Waals surface area contributed by atoms with E-state index in [1.165, 1.54) is 0 Å². The molecule has 6 heteroatoms. The molecular formula is C27H23NO5. The van der Waals surface area contributed by atoms with E-state index in [4.69, 9.17) is 9.15 Å². The fourth-order valence-corrected chi connectivity index (χ4v) is 3.86. The summed E-state index contributed by atoms with van der Waals surface area (Å²) < 4.78 is 11.1. The van der Waals surface area contributed by atoms with Gasteiger partial charge in [-0.25, -0.2) is 14.6 Å². The molecule has 4 aromatic rings. The van der Waals surface area contributed by atoms with Gasteiger partial charge in [-0.05, 0) is 56.5 Å². The van der Waals surface area contributed by atoms with Gasteiger partial charge in [-0.1, -0.05) is 54.1 Å². The maximum atomic E-state index is 13.5. The summed E-state index contributed by atoms with van der Waals surface area (Å²) in [5, 5.41) is 11.2. The number of ether oxygens (including phenoxy) is 1. The molecule has 0 amide bonds. The first-order chi connectivity index (χ1) is 15.8. The van der Waals surface area contributed by atoms with Crippen molar-refractivity contribution in [3.05, 3.63) is 105 Å². The molecule has 0 aliphatic rings. The van der Waals surface area contributed by atoms with E-state index in [1.807, 2.05) is 39.0 Å². The number of nitrogens with zero attached hydrogens (tertiary/aromatic N) is 1. The van der Waals surface area contributed by atoms with Crippen LogP contribution in [0.3, 0.4) is 0 Å². The number of carbonyl (C=O) groups is 1. The van der Waals surface area contributed by atoms with Gasteiger partial charge in [0.25, 0.3) is 0 Å². The molecule has 0 saturated heterocycles. The van der Waals surface area contributed by atoms with Crippen molar-refractivity contribution in [1.29, 1.82) is 0 Å². The lowest BCUT2D eigenvalue weighted by atomic mass is 10.0. The van der Waals surface area contributed by atoms with Crippen LogP contribution in [0.5, 0.6) is 5.75 Å². The first kappa shape index (κ1) is 22.0. The van der Waals surface area contributed by atoms with Crippen molar-refractivity contribution in [1.82, 2.24) is 4.98 Å². The molecule has 0 saturated carbocycles. The van der Waals surface area contributed by atoms with E-state index in [9.17, 15) is 14.7 Å². The van der Waals surface area contributed by atoms with Gasteiger partial charge in [0.1, 0.15) is 22.6 Å². The normalized spacial score (nSPS) is 11.9. The van der Waals surface area contributed by atoms with Crippen molar-refractivity contribution in [3.8, 4) is 5.75 Å². The number of aliphatic hydroxyl groups is 1. The lowest BCUT2D eigenvalue weighted by molar-refractivity contribution is -0.128. The molecule has 0 bridgehead atoms. The molecule has 33 heavy (non-hydrogen) atoms. The Morgan fingerprint density at radius 3 is 2.24 bits per heavy atom. The second kappa shape index (κ2) is 8.74. The van der Waals surface area contributed by atoms with Gasteiger partial charge in [-0.3, -0.25) is 0 Å². The zero-order valence-corrected chi connectivity index (χ0v) is 18.8. The minimum Gasteiger partial charge on any atom is -0.506 e. The number of esters is 1. The van der Waals surface area contributed by atoms with E-state index in [0.717, 1.165) is 16.7 Å². The topological polar surface area (TPSA) is 89.6 Å². The number of aryl methyl sites for hydroxylation is 4. The number of carbonyl (C=O) groups excluding carboxylic acids is 1. The highest BCUT2D eigenvalue weighted by atomic mass is 16.5. The predicted octanol–water partition coefficient (Wildman–Crippen LogP) is 5.45. The predicted molar refractivity (Wildman–Crippen MR) is 127 cm³/mol. The summed E-state index contributed by atoms with van der Waals surface area (Å²) in [4.78, 5) is 30.7. The van der Waals surface area contributed by atoms with Crippen molar-refractivity contribution in [3.63, 3.8) is 0 Å². The van der Waals surface area contributed by atoms with Crippen LogP contribution in [0.25, 0.3) is 22.4 Å². The fourth-order valence-electron chi connectivity index (χ4n) is 3.86. The van der Waals surface area contributed by atoms with Crippen LogP contribution in [0.2, 0.25) is 0 Å². The SMILES string of the molecule is Cc1cc(C)c(OC(=O)C(=C(O)c2ccccc2C)c2nc3ccccc3oc2=O)c(C)c1. The molecule has 1 aromatic heterocycles. The number of rotatable bonds is 4. The summed E-state index contributed by atoms with van der Waals surface area (Å²) in [7, 11) is 0. The third kappa shape index (κ3) is 4.28. The first-order valence-electron chi connectivity index (χ1n) is 10.5. The number of para-hydroxylation sites is 2. The Morgan fingerprint density at radius 2 is 1.55 bits per heavy atom. The number of hydrogen-bond donors (Lipinski definition) is 1. The second-order valence-corrected chi connectivity index (χ2v) is 7.97. The summed E-state index contributed by atoms with van der Waals surface area (Å²) in [6, 6.07) is 17.5. The molecule has 0 unspecified atom stereocenters. The van der Waals surface area contributed by atoms with Crippen LogP contribution in [0.4, 0.5) is 0 Å². The average molecular weight is 441 g/mol. The van der Waals surface area contributed by atoms with Crippen molar-refractivity contribution < 1.29 is 19.1 Å². The van der Waals surface area contributed by atoms with Crippen LogP contribution in [-0.2, 0) is 4.79 Å². The highest BCUT2D eigenvalue weighted by molar-refractivity contribution is 6.23. The quantitative estimate of drug-likeness (QED) is 0.196. The van der Waals surface area contributed by atoms with Crippen molar-refractivity contribution in [2.24, 2.45) is 0 Å². The molecule has 0 spiro atoms. The standard InChI is InChI=1S/C27H23NO5/c1-15-13-17(3)25(18(4)14-15)33-26(30)22(24(29)19-10-6-5-9-16(19)2)23-27(31)32-21-12-8-7-11-20(21)28-23/h5-14,29H,1-4H3. The Hall–Kier alpha value is -4.19. The summed E-state index contributed by atoms with van der Waals surface area (Å²) in [5.41, 5.74) is 2.77. The Balaban J connectivity index is 1.94. The molecule has 1 N–H and O–H groups in total. The van der Waals surface area contributed by atoms with E-state index in [0.29, 0.717) is 22.4 Å². The molecule has 0 fully saturated rings. The minimum atomic E-state index is -0.902. The maximum absolute atomic E-state index is 13.5. The molecule has 0 radical (unpaired) electrons. The number of fused-ring (bicyclic) bond motifs is 1. The van der Waals surface area contributed by atoms with Gasteiger partial charge in [-0.2, -0.15) is 0 Å². The van der Waals surface area contributed by atoms with Crippen LogP contribution < -0.4 is 10.4 Å². The van der Waals surface area contributed by atoms with E-state index in [2.05, 4.69) is 4.98 Å². The van der Waals surface area contributed by atoms with Gasteiger partial charge in [0, 0.05) is 5.56 Å². The van der Waals surface area contributed by atoms with Crippen molar-refractivity contribution in [2.45, 2.75) is 27.7 Å². The van der Waals surface area contributed by atoms with Gasteiger partial charge in [0.05, 0.1) is 0 Å². The molecule has 0 atom stereocenters. The highest BCUT2D eigenvalue weighted by Gasteiger charge is 2.28. The Morgan fingerprint density at radius 1 is 0.909 bits per heavy atom. The number of aliphatic hydroxyl groups excluding tert-OH is 1. The third-order valence-corrected chi connectivity index (χ3v) is 5.37.